The van der Waals surface area contributed by atoms with Crippen LogP contribution in [0, 0.1) is 17.0 Å². The van der Waals surface area contributed by atoms with Crippen molar-refractivity contribution in [2.75, 3.05) is 20.3 Å². The van der Waals surface area contributed by atoms with Crippen LogP contribution in [-0.4, -0.2) is 56.3 Å². The minimum atomic E-state index is -0.990. The highest BCUT2D eigenvalue weighted by Gasteiger charge is 2.46. The Morgan fingerprint density at radius 2 is 2.03 bits per heavy atom. The third-order valence-electron chi connectivity index (χ3n) is 5.61. The van der Waals surface area contributed by atoms with Gasteiger partial charge in [-0.2, -0.15) is 0 Å². The van der Waals surface area contributed by atoms with Crippen molar-refractivity contribution in [2.24, 2.45) is 0 Å². The highest BCUT2D eigenvalue weighted by molar-refractivity contribution is 6.46. The standard InChI is InChI=1S/C23H22N4O6/c1-14-19(25-10-4-3-9-17(25)24-14)21(28)18-20(15-7-5-8-16(13-15)27(31)32)26(11-6-12-33-2)23(30)22(18)29/h3-5,7-10,13,20,28H,6,11-12H2,1-2H3/b21-18+. The first kappa shape index (κ1) is 22.2. The Balaban J connectivity index is 1.93. The maximum absolute atomic E-state index is 13.1. The number of aryl methyl sites for hydroxylation is 1. The van der Waals surface area contributed by atoms with Crippen molar-refractivity contribution in [2.45, 2.75) is 19.4 Å². The number of methoxy groups -OCH3 is 1. The first-order valence-corrected chi connectivity index (χ1v) is 10.3. The number of nitrogens with zero attached hydrogens (tertiary/aromatic N) is 4. The quantitative estimate of drug-likeness (QED) is 0.146. The molecule has 1 N–H and O–H groups in total. The summed E-state index contributed by atoms with van der Waals surface area (Å²) in [7, 11) is 1.53. The van der Waals surface area contributed by atoms with Gasteiger partial charge >= 0.3 is 0 Å². The monoisotopic (exact) mass is 450 g/mol. The number of benzene rings is 1. The van der Waals surface area contributed by atoms with Gasteiger partial charge in [0.2, 0.25) is 0 Å². The van der Waals surface area contributed by atoms with Crippen LogP contribution in [0.4, 0.5) is 5.69 Å². The molecule has 1 aliphatic heterocycles. The number of carbonyl (C=O) groups excluding carboxylic acids is 2. The molecule has 3 heterocycles. The van der Waals surface area contributed by atoms with Gasteiger partial charge in [0.1, 0.15) is 11.3 Å². The third-order valence-corrected chi connectivity index (χ3v) is 5.61. The fraction of sp³-hybridized carbons (Fsp3) is 0.261. The van der Waals surface area contributed by atoms with Crippen molar-refractivity contribution in [1.82, 2.24) is 14.3 Å². The van der Waals surface area contributed by atoms with E-state index in [1.807, 2.05) is 0 Å². The number of aliphatic hydroxyl groups excluding tert-OH is 1. The van der Waals surface area contributed by atoms with Crippen LogP contribution in [0.25, 0.3) is 11.4 Å². The average Bonchev–Trinajstić information content (AvgIpc) is 3.27. The van der Waals surface area contributed by atoms with Crippen molar-refractivity contribution < 1.29 is 24.4 Å². The average molecular weight is 450 g/mol. The van der Waals surface area contributed by atoms with Crippen LogP contribution >= 0.6 is 0 Å². The molecule has 0 spiro atoms. The van der Waals surface area contributed by atoms with Gasteiger partial charge in [0, 0.05) is 38.6 Å². The smallest absolute Gasteiger partial charge is 0.295 e. The maximum Gasteiger partial charge on any atom is 0.295 e. The summed E-state index contributed by atoms with van der Waals surface area (Å²) in [6.07, 6.45) is 2.14. The fourth-order valence-corrected chi connectivity index (χ4v) is 4.17. The zero-order valence-corrected chi connectivity index (χ0v) is 18.1. The molecule has 3 aromatic rings. The molecule has 0 aliphatic carbocycles. The highest BCUT2D eigenvalue weighted by atomic mass is 16.6. The van der Waals surface area contributed by atoms with Gasteiger partial charge in [-0.3, -0.25) is 24.1 Å². The molecule has 4 rings (SSSR count). The van der Waals surface area contributed by atoms with E-state index in [2.05, 4.69) is 4.98 Å². The van der Waals surface area contributed by atoms with Crippen LogP contribution in [0.1, 0.15) is 29.4 Å². The van der Waals surface area contributed by atoms with Gasteiger partial charge in [-0.25, -0.2) is 4.98 Å². The second-order valence-corrected chi connectivity index (χ2v) is 7.67. The Labute approximate surface area is 188 Å². The number of nitro groups is 1. The number of pyridine rings is 1. The van der Waals surface area contributed by atoms with Crippen LogP contribution in [0.3, 0.4) is 0 Å². The van der Waals surface area contributed by atoms with E-state index in [4.69, 9.17) is 4.74 Å². The van der Waals surface area contributed by atoms with Gasteiger partial charge in [0.05, 0.1) is 22.2 Å². The molecule has 1 saturated heterocycles. The van der Waals surface area contributed by atoms with E-state index in [1.165, 1.54) is 30.2 Å². The normalized spacial score (nSPS) is 17.8. The molecule has 0 bridgehead atoms. The van der Waals surface area contributed by atoms with Crippen molar-refractivity contribution >= 4 is 28.8 Å². The molecule has 1 amide bonds. The van der Waals surface area contributed by atoms with Crippen molar-refractivity contribution in [3.05, 3.63) is 81.3 Å². The van der Waals surface area contributed by atoms with Crippen molar-refractivity contribution in [3.8, 4) is 0 Å². The molecule has 33 heavy (non-hydrogen) atoms. The number of fused-ring (bicyclic) bond motifs is 1. The number of aromatic nitrogens is 2. The summed E-state index contributed by atoms with van der Waals surface area (Å²) in [4.78, 5) is 42.6. The van der Waals surface area contributed by atoms with E-state index in [0.29, 0.717) is 29.9 Å². The lowest BCUT2D eigenvalue weighted by atomic mass is 9.96. The second kappa shape index (κ2) is 8.83. The predicted octanol–water partition coefficient (Wildman–Crippen LogP) is 3.01. The summed E-state index contributed by atoms with van der Waals surface area (Å²) >= 11 is 0. The summed E-state index contributed by atoms with van der Waals surface area (Å²) in [6.45, 7) is 2.23. The van der Waals surface area contributed by atoms with Gasteiger partial charge in [0.15, 0.2) is 5.76 Å². The summed E-state index contributed by atoms with van der Waals surface area (Å²) < 4.78 is 6.70. The number of likely N-dealkylation sites (tertiary alicyclic amines) is 1. The van der Waals surface area contributed by atoms with E-state index in [0.717, 1.165) is 0 Å². The number of imidazole rings is 1. The Morgan fingerprint density at radius 3 is 2.76 bits per heavy atom. The van der Waals surface area contributed by atoms with Crippen LogP contribution in [-0.2, 0) is 14.3 Å². The molecule has 1 fully saturated rings. The molecular formula is C23H22N4O6. The molecule has 1 atom stereocenters. The number of Topliss-reactive ketones (excluding diaryl/α,β-unsaturated/α-hetero) is 1. The predicted molar refractivity (Wildman–Crippen MR) is 119 cm³/mol. The minimum Gasteiger partial charge on any atom is -0.505 e. The molecule has 2 aromatic heterocycles. The van der Waals surface area contributed by atoms with E-state index < -0.39 is 22.7 Å². The van der Waals surface area contributed by atoms with E-state index in [-0.39, 0.29) is 29.3 Å². The number of carbonyl (C=O) groups is 2. The summed E-state index contributed by atoms with van der Waals surface area (Å²) in [5.74, 6) is -2.02. The molecule has 1 aliphatic rings. The SMILES string of the molecule is COCCCN1C(=O)C(=O)/C(=C(/O)c2c(C)nc3ccccn23)C1c1cccc([N+](=O)[O-])c1. The summed E-state index contributed by atoms with van der Waals surface area (Å²) in [5, 5.41) is 22.7. The second-order valence-electron chi connectivity index (χ2n) is 7.67. The minimum absolute atomic E-state index is 0.133. The van der Waals surface area contributed by atoms with E-state index in [9.17, 15) is 24.8 Å². The third kappa shape index (κ3) is 3.85. The number of hydrogen-bond donors (Lipinski definition) is 1. The van der Waals surface area contributed by atoms with Crippen LogP contribution in [0.2, 0.25) is 0 Å². The van der Waals surface area contributed by atoms with Gasteiger partial charge in [-0.05, 0) is 31.0 Å². The highest BCUT2D eigenvalue weighted by Crippen LogP contribution is 2.40. The lowest BCUT2D eigenvalue weighted by Gasteiger charge is -2.25. The van der Waals surface area contributed by atoms with Crippen molar-refractivity contribution in [1.29, 1.82) is 0 Å². The van der Waals surface area contributed by atoms with Crippen LogP contribution in [0.15, 0.2) is 54.2 Å². The Bertz CT molecular complexity index is 1300. The Morgan fingerprint density at radius 1 is 1.24 bits per heavy atom. The lowest BCUT2D eigenvalue weighted by Crippen LogP contribution is -2.31. The van der Waals surface area contributed by atoms with Gasteiger partial charge < -0.3 is 14.7 Å². The zero-order valence-electron chi connectivity index (χ0n) is 18.1. The first-order chi connectivity index (χ1) is 15.8. The topological polar surface area (TPSA) is 127 Å². The maximum atomic E-state index is 13.1. The number of ether oxygens (including phenoxy) is 1. The molecule has 1 aromatic carbocycles. The molecule has 10 heteroatoms. The first-order valence-electron chi connectivity index (χ1n) is 10.3. The number of hydrogen-bond acceptors (Lipinski definition) is 7. The largest absolute Gasteiger partial charge is 0.505 e. The summed E-state index contributed by atoms with van der Waals surface area (Å²) in [5.41, 5.74) is 1.37. The number of aliphatic hydroxyl groups is 1. The van der Waals surface area contributed by atoms with E-state index >= 15 is 0 Å². The van der Waals surface area contributed by atoms with Gasteiger partial charge in [-0.15, -0.1) is 0 Å². The van der Waals surface area contributed by atoms with E-state index in [1.54, 1.807) is 41.8 Å². The summed E-state index contributed by atoms with van der Waals surface area (Å²) in [6, 6.07) is 10.0. The molecule has 0 saturated carbocycles. The molecule has 10 nitrogen and oxygen atoms in total. The van der Waals surface area contributed by atoms with Gasteiger partial charge in [0.25, 0.3) is 17.4 Å². The number of nitro benzene ring substituents is 1. The number of rotatable bonds is 7. The van der Waals surface area contributed by atoms with Crippen LogP contribution in [0.5, 0.6) is 0 Å². The fourth-order valence-electron chi connectivity index (χ4n) is 4.17. The zero-order chi connectivity index (χ0) is 23.7. The number of ketones is 1. The Hall–Kier alpha value is -4.05. The molecular weight excluding hydrogens is 428 g/mol. The number of non-ortho nitro benzene ring substituents is 1. The molecule has 1 unspecified atom stereocenters. The molecule has 170 valence electrons. The van der Waals surface area contributed by atoms with Crippen molar-refractivity contribution in [3.63, 3.8) is 0 Å². The molecule has 0 radical (unpaired) electrons. The van der Waals surface area contributed by atoms with Gasteiger partial charge in [-0.1, -0.05) is 18.2 Å². The lowest BCUT2D eigenvalue weighted by molar-refractivity contribution is -0.384. The van der Waals surface area contributed by atoms with Crippen LogP contribution < -0.4 is 0 Å². The number of amides is 1. The Kier molecular flexibility index (Phi) is 5.93.